The van der Waals surface area contributed by atoms with Crippen molar-refractivity contribution in [2.75, 3.05) is 4.72 Å². The zero-order chi connectivity index (χ0) is 17.3. The molecule has 3 rings (SSSR count). The summed E-state index contributed by atoms with van der Waals surface area (Å²) in [6.45, 7) is 1.68. The molecule has 0 spiro atoms. The van der Waals surface area contributed by atoms with Gasteiger partial charge >= 0.3 is 0 Å². The van der Waals surface area contributed by atoms with Crippen LogP contribution in [0.5, 0.6) is 0 Å². The van der Waals surface area contributed by atoms with Crippen molar-refractivity contribution in [3.8, 4) is 5.69 Å². The third-order valence-electron chi connectivity index (χ3n) is 3.23. The van der Waals surface area contributed by atoms with Crippen LogP contribution in [0.4, 0.5) is 5.69 Å². The molecule has 1 N–H and O–H groups in total. The van der Waals surface area contributed by atoms with Crippen LogP contribution in [0.1, 0.15) is 5.56 Å². The Morgan fingerprint density at radius 3 is 2.62 bits per heavy atom. The maximum Gasteiger partial charge on any atom is 0.263 e. The number of nitrogens with zero attached hydrogens (tertiary/aromatic N) is 3. The minimum atomic E-state index is -3.79. The van der Waals surface area contributed by atoms with Crippen molar-refractivity contribution in [3.05, 3.63) is 64.7 Å². The minimum Gasteiger partial charge on any atom is -0.276 e. The standard InChI is InChI=1S/C15H12Cl2N4O2S/c1-10-6-12(8-18-15(10)17)24(22,23)20-11-7-19-21(9-11)14-5-3-2-4-13(14)16/h2-9,20H,1H3. The number of hydrogen-bond acceptors (Lipinski definition) is 4. The average molecular weight is 383 g/mol. The highest BCUT2D eigenvalue weighted by Gasteiger charge is 2.17. The van der Waals surface area contributed by atoms with Gasteiger partial charge in [-0.3, -0.25) is 4.72 Å². The quantitative estimate of drug-likeness (QED) is 0.698. The molecule has 9 heteroatoms. The molecule has 6 nitrogen and oxygen atoms in total. The Labute approximate surface area is 149 Å². The van der Waals surface area contributed by atoms with E-state index >= 15 is 0 Å². The van der Waals surface area contributed by atoms with Crippen LogP contribution in [0.25, 0.3) is 5.69 Å². The van der Waals surface area contributed by atoms with E-state index in [1.165, 1.54) is 29.3 Å². The Hall–Kier alpha value is -2.09. The van der Waals surface area contributed by atoms with E-state index in [0.717, 1.165) is 0 Å². The van der Waals surface area contributed by atoms with E-state index in [1.807, 2.05) is 6.07 Å². The monoisotopic (exact) mass is 382 g/mol. The van der Waals surface area contributed by atoms with Gasteiger partial charge in [0.15, 0.2) is 0 Å². The molecule has 0 aliphatic heterocycles. The van der Waals surface area contributed by atoms with Crippen molar-refractivity contribution in [1.29, 1.82) is 0 Å². The van der Waals surface area contributed by atoms with Gasteiger partial charge in [0, 0.05) is 6.20 Å². The Morgan fingerprint density at radius 2 is 1.92 bits per heavy atom. The minimum absolute atomic E-state index is 0.0230. The fraction of sp³-hybridized carbons (Fsp3) is 0.0667. The molecule has 0 aliphatic carbocycles. The lowest BCUT2D eigenvalue weighted by Gasteiger charge is -2.07. The number of halogens is 2. The molecule has 0 bridgehead atoms. The Kier molecular flexibility index (Phi) is 4.49. The lowest BCUT2D eigenvalue weighted by Crippen LogP contribution is -2.13. The number of aromatic nitrogens is 3. The number of sulfonamides is 1. The number of hydrogen-bond donors (Lipinski definition) is 1. The van der Waals surface area contributed by atoms with Gasteiger partial charge in [0.1, 0.15) is 10.0 Å². The first kappa shape index (κ1) is 16.8. The lowest BCUT2D eigenvalue weighted by atomic mass is 10.3. The number of para-hydroxylation sites is 1. The molecule has 124 valence electrons. The fourth-order valence-corrected chi connectivity index (χ4v) is 3.42. The van der Waals surface area contributed by atoms with Crippen LogP contribution in [0.3, 0.4) is 0 Å². The van der Waals surface area contributed by atoms with Gasteiger partial charge in [0.05, 0.1) is 28.8 Å². The number of pyridine rings is 1. The molecule has 24 heavy (non-hydrogen) atoms. The van der Waals surface area contributed by atoms with Gasteiger partial charge in [-0.25, -0.2) is 18.1 Å². The zero-order valence-corrected chi connectivity index (χ0v) is 14.8. The van der Waals surface area contributed by atoms with Gasteiger partial charge in [-0.15, -0.1) is 0 Å². The number of aryl methyl sites for hydroxylation is 1. The SMILES string of the molecule is Cc1cc(S(=O)(=O)Nc2cnn(-c3ccccc3Cl)c2)cnc1Cl. The summed E-state index contributed by atoms with van der Waals surface area (Å²) in [5.74, 6) is 0. The summed E-state index contributed by atoms with van der Waals surface area (Å²) >= 11 is 11.9. The van der Waals surface area contributed by atoms with Crippen molar-refractivity contribution in [2.45, 2.75) is 11.8 Å². The Morgan fingerprint density at radius 1 is 1.17 bits per heavy atom. The molecule has 0 amide bonds. The molecule has 0 unspecified atom stereocenters. The fourth-order valence-electron chi connectivity index (χ4n) is 2.04. The van der Waals surface area contributed by atoms with Crippen LogP contribution >= 0.6 is 23.2 Å². The highest BCUT2D eigenvalue weighted by atomic mass is 35.5. The summed E-state index contributed by atoms with van der Waals surface area (Å²) in [5.41, 5.74) is 1.53. The van der Waals surface area contributed by atoms with Crippen LogP contribution in [0.2, 0.25) is 10.2 Å². The first-order valence-corrected chi connectivity index (χ1v) is 9.05. The Bertz CT molecular complexity index is 1000. The molecule has 2 heterocycles. The van der Waals surface area contributed by atoms with E-state index in [0.29, 0.717) is 22.0 Å². The Balaban J connectivity index is 1.89. The number of rotatable bonds is 4. The summed E-state index contributed by atoms with van der Waals surface area (Å²) < 4.78 is 28.8. The van der Waals surface area contributed by atoms with E-state index in [4.69, 9.17) is 23.2 Å². The highest BCUT2D eigenvalue weighted by molar-refractivity contribution is 7.92. The molecule has 0 saturated carbocycles. The molecular formula is C15H12Cl2N4O2S. The zero-order valence-electron chi connectivity index (χ0n) is 12.4. The van der Waals surface area contributed by atoms with Crippen molar-refractivity contribution >= 4 is 38.9 Å². The van der Waals surface area contributed by atoms with Crippen LogP contribution in [0.15, 0.2) is 53.8 Å². The summed E-state index contributed by atoms with van der Waals surface area (Å²) in [6, 6.07) is 8.57. The van der Waals surface area contributed by atoms with E-state index in [-0.39, 0.29) is 10.0 Å². The molecular weight excluding hydrogens is 371 g/mol. The number of benzene rings is 1. The topological polar surface area (TPSA) is 76.9 Å². The molecule has 0 radical (unpaired) electrons. The number of anilines is 1. The van der Waals surface area contributed by atoms with Crippen LogP contribution in [0, 0.1) is 6.92 Å². The van der Waals surface area contributed by atoms with Crippen LogP contribution in [-0.2, 0) is 10.0 Å². The van der Waals surface area contributed by atoms with Crippen molar-refractivity contribution < 1.29 is 8.42 Å². The second kappa shape index (κ2) is 6.43. The maximum absolute atomic E-state index is 12.4. The normalized spacial score (nSPS) is 11.5. The average Bonchev–Trinajstić information content (AvgIpc) is 2.98. The largest absolute Gasteiger partial charge is 0.276 e. The third-order valence-corrected chi connectivity index (χ3v) is 5.30. The highest BCUT2D eigenvalue weighted by Crippen LogP contribution is 2.22. The van der Waals surface area contributed by atoms with Gasteiger partial charge in [-0.2, -0.15) is 5.10 Å². The first-order valence-electron chi connectivity index (χ1n) is 6.81. The molecule has 2 aromatic heterocycles. The molecule has 0 aliphatic rings. The van der Waals surface area contributed by atoms with Crippen LogP contribution in [-0.4, -0.2) is 23.2 Å². The van der Waals surface area contributed by atoms with Crippen molar-refractivity contribution in [2.24, 2.45) is 0 Å². The van der Waals surface area contributed by atoms with E-state index in [1.54, 1.807) is 25.1 Å². The van der Waals surface area contributed by atoms with Gasteiger partial charge in [-0.1, -0.05) is 35.3 Å². The van der Waals surface area contributed by atoms with Crippen molar-refractivity contribution in [1.82, 2.24) is 14.8 Å². The van der Waals surface area contributed by atoms with Gasteiger partial charge in [0.2, 0.25) is 0 Å². The smallest absolute Gasteiger partial charge is 0.263 e. The van der Waals surface area contributed by atoms with E-state index in [2.05, 4.69) is 14.8 Å². The van der Waals surface area contributed by atoms with Gasteiger partial charge < -0.3 is 0 Å². The maximum atomic E-state index is 12.4. The van der Waals surface area contributed by atoms with E-state index < -0.39 is 10.0 Å². The molecule has 0 saturated heterocycles. The lowest BCUT2D eigenvalue weighted by molar-refractivity contribution is 0.600. The van der Waals surface area contributed by atoms with E-state index in [9.17, 15) is 8.42 Å². The first-order chi connectivity index (χ1) is 11.4. The van der Waals surface area contributed by atoms with Crippen LogP contribution < -0.4 is 4.72 Å². The predicted molar refractivity (Wildman–Crippen MR) is 93.4 cm³/mol. The van der Waals surface area contributed by atoms with Gasteiger partial charge in [-0.05, 0) is 30.7 Å². The van der Waals surface area contributed by atoms with Gasteiger partial charge in [0.25, 0.3) is 10.0 Å². The molecule has 0 atom stereocenters. The predicted octanol–water partition coefficient (Wildman–Crippen LogP) is 3.68. The molecule has 3 aromatic rings. The summed E-state index contributed by atoms with van der Waals surface area (Å²) in [5, 5.41) is 4.90. The molecule has 0 fully saturated rings. The summed E-state index contributed by atoms with van der Waals surface area (Å²) in [7, 11) is -3.79. The number of nitrogens with one attached hydrogen (secondary N) is 1. The second-order valence-electron chi connectivity index (χ2n) is 5.01. The summed E-state index contributed by atoms with van der Waals surface area (Å²) in [6.07, 6.45) is 4.14. The molecule has 1 aromatic carbocycles. The summed E-state index contributed by atoms with van der Waals surface area (Å²) in [4.78, 5) is 3.88. The van der Waals surface area contributed by atoms with Crippen molar-refractivity contribution in [3.63, 3.8) is 0 Å². The third kappa shape index (κ3) is 3.38. The second-order valence-corrected chi connectivity index (χ2v) is 7.46.